The molecule has 70 valence electrons. The van der Waals surface area contributed by atoms with Crippen molar-refractivity contribution >= 4 is 15.9 Å². The van der Waals surface area contributed by atoms with Gasteiger partial charge in [-0.2, -0.15) is 0 Å². The van der Waals surface area contributed by atoms with E-state index in [-0.39, 0.29) is 0 Å². The zero-order valence-corrected chi connectivity index (χ0v) is 9.32. The van der Waals surface area contributed by atoms with Crippen LogP contribution in [0.2, 0.25) is 0 Å². The highest BCUT2D eigenvalue weighted by atomic mass is 79.9. The van der Waals surface area contributed by atoms with Crippen molar-refractivity contribution in [3.8, 4) is 11.3 Å². The molecule has 0 aliphatic rings. The van der Waals surface area contributed by atoms with E-state index in [1.165, 1.54) is 0 Å². The molecule has 0 saturated heterocycles. The van der Waals surface area contributed by atoms with Crippen molar-refractivity contribution in [3.63, 3.8) is 0 Å². The second-order valence-electron chi connectivity index (χ2n) is 3.00. The third-order valence-electron chi connectivity index (χ3n) is 2.07. The van der Waals surface area contributed by atoms with Crippen LogP contribution in [0.15, 0.2) is 41.3 Å². The molecule has 0 unspecified atom stereocenters. The number of rotatable bonds is 1. The molecule has 1 aromatic heterocycles. The van der Waals surface area contributed by atoms with Crippen LogP contribution in [0.4, 0.5) is 0 Å². The van der Waals surface area contributed by atoms with Gasteiger partial charge in [0.25, 0.3) is 0 Å². The smallest absolute Gasteiger partial charge is 0.117 e. The number of hydrogen-bond acceptors (Lipinski definition) is 2. The Morgan fingerprint density at radius 2 is 1.79 bits per heavy atom. The Morgan fingerprint density at radius 3 is 2.50 bits per heavy atom. The van der Waals surface area contributed by atoms with E-state index >= 15 is 0 Å². The van der Waals surface area contributed by atoms with Crippen molar-refractivity contribution in [1.82, 2.24) is 9.97 Å². The molecule has 0 spiro atoms. The van der Waals surface area contributed by atoms with Crippen molar-refractivity contribution in [2.24, 2.45) is 0 Å². The molecule has 2 rings (SSSR count). The lowest BCUT2D eigenvalue weighted by molar-refractivity contribution is 1.10. The normalized spacial score (nSPS) is 10.1. The molecule has 0 radical (unpaired) electrons. The van der Waals surface area contributed by atoms with E-state index in [9.17, 15) is 0 Å². The molecule has 2 nitrogen and oxygen atoms in total. The van der Waals surface area contributed by atoms with E-state index in [2.05, 4.69) is 25.9 Å². The second kappa shape index (κ2) is 3.88. The summed E-state index contributed by atoms with van der Waals surface area (Å²) in [5.41, 5.74) is 3.17. The molecule has 0 aliphatic carbocycles. The maximum atomic E-state index is 4.27. The predicted molar refractivity (Wildman–Crippen MR) is 59.9 cm³/mol. The molecule has 14 heavy (non-hydrogen) atoms. The number of aromatic nitrogens is 2. The monoisotopic (exact) mass is 248 g/mol. The van der Waals surface area contributed by atoms with Crippen LogP contribution in [0.25, 0.3) is 11.3 Å². The van der Waals surface area contributed by atoms with E-state index in [4.69, 9.17) is 0 Å². The molecule has 2 aromatic rings. The van der Waals surface area contributed by atoms with Crippen molar-refractivity contribution in [1.29, 1.82) is 0 Å². The van der Waals surface area contributed by atoms with Gasteiger partial charge in [0.2, 0.25) is 0 Å². The summed E-state index contributed by atoms with van der Waals surface area (Å²) in [7, 11) is 0. The summed E-state index contributed by atoms with van der Waals surface area (Å²) in [4.78, 5) is 8.34. The van der Waals surface area contributed by atoms with Gasteiger partial charge in [-0.25, -0.2) is 9.97 Å². The fourth-order valence-corrected chi connectivity index (χ4v) is 1.60. The molecule has 3 heteroatoms. The Bertz CT molecular complexity index is 440. The third kappa shape index (κ3) is 1.68. The Balaban J connectivity index is 2.58. The Morgan fingerprint density at radius 1 is 1.07 bits per heavy atom. The highest BCUT2D eigenvalue weighted by Gasteiger charge is 2.05. The Hall–Kier alpha value is -1.22. The zero-order chi connectivity index (χ0) is 9.97. The standard InChI is InChI=1S/C11H9BrN2/c1-8-10(13-7-14-11(8)12)9-5-3-2-4-6-9/h2-7H,1H3. The lowest BCUT2D eigenvalue weighted by Crippen LogP contribution is -1.91. The minimum absolute atomic E-state index is 0.853. The van der Waals surface area contributed by atoms with E-state index in [0.29, 0.717) is 0 Å². The molecule has 0 atom stereocenters. The lowest BCUT2D eigenvalue weighted by atomic mass is 10.1. The van der Waals surface area contributed by atoms with Crippen molar-refractivity contribution < 1.29 is 0 Å². The number of halogens is 1. The lowest BCUT2D eigenvalue weighted by Gasteiger charge is -2.04. The molecule has 0 fully saturated rings. The second-order valence-corrected chi connectivity index (χ2v) is 3.76. The topological polar surface area (TPSA) is 25.8 Å². The van der Waals surface area contributed by atoms with Crippen LogP contribution in [0.1, 0.15) is 5.56 Å². The fraction of sp³-hybridized carbons (Fsp3) is 0.0909. The summed E-state index contributed by atoms with van der Waals surface area (Å²) in [5.74, 6) is 0. The molecule has 0 amide bonds. The van der Waals surface area contributed by atoms with Crippen LogP contribution in [0, 0.1) is 6.92 Å². The van der Waals surface area contributed by atoms with E-state index < -0.39 is 0 Å². The van der Waals surface area contributed by atoms with Gasteiger partial charge in [0.05, 0.1) is 5.69 Å². The van der Waals surface area contributed by atoms with Crippen LogP contribution in [-0.4, -0.2) is 9.97 Å². The predicted octanol–water partition coefficient (Wildman–Crippen LogP) is 3.21. The summed E-state index contributed by atoms with van der Waals surface area (Å²) < 4.78 is 0.853. The largest absolute Gasteiger partial charge is 0.236 e. The molecule has 0 bridgehead atoms. The van der Waals surface area contributed by atoms with E-state index in [1.54, 1.807) is 6.33 Å². The Kier molecular flexibility index (Phi) is 2.59. The van der Waals surface area contributed by atoms with Gasteiger partial charge in [0.15, 0.2) is 0 Å². The minimum atomic E-state index is 0.853. The van der Waals surface area contributed by atoms with Crippen molar-refractivity contribution in [3.05, 3.63) is 46.8 Å². The average molecular weight is 249 g/mol. The number of hydrogen-bond donors (Lipinski definition) is 0. The molecule has 1 aromatic carbocycles. The molecule has 0 aliphatic heterocycles. The van der Waals surface area contributed by atoms with Gasteiger partial charge >= 0.3 is 0 Å². The van der Waals surface area contributed by atoms with Crippen LogP contribution < -0.4 is 0 Å². The highest BCUT2D eigenvalue weighted by molar-refractivity contribution is 9.10. The van der Waals surface area contributed by atoms with E-state index in [0.717, 1.165) is 21.4 Å². The maximum Gasteiger partial charge on any atom is 0.117 e. The van der Waals surface area contributed by atoms with Gasteiger partial charge < -0.3 is 0 Å². The molecular formula is C11H9BrN2. The van der Waals surface area contributed by atoms with Gasteiger partial charge in [0.1, 0.15) is 10.9 Å². The maximum absolute atomic E-state index is 4.27. The SMILES string of the molecule is Cc1c(Br)ncnc1-c1ccccc1. The first-order valence-corrected chi connectivity index (χ1v) is 5.11. The first kappa shape index (κ1) is 9.34. The van der Waals surface area contributed by atoms with Crippen LogP contribution in [-0.2, 0) is 0 Å². The average Bonchev–Trinajstić information content (AvgIpc) is 2.23. The third-order valence-corrected chi connectivity index (χ3v) is 2.87. The summed E-state index contributed by atoms with van der Waals surface area (Å²) in [6.45, 7) is 2.01. The van der Waals surface area contributed by atoms with E-state index in [1.807, 2.05) is 37.3 Å². The first-order valence-electron chi connectivity index (χ1n) is 4.31. The van der Waals surface area contributed by atoms with Crippen LogP contribution in [0.5, 0.6) is 0 Å². The highest BCUT2D eigenvalue weighted by Crippen LogP contribution is 2.24. The van der Waals surface area contributed by atoms with Crippen LogP contribution >= 0.6 is 15.9 Å². The quantitative estimate of drug-likeness (QED) is 0.725. The van der Waals surface area contributed by atoms with Gasteiger partial charge in [-0.1, -0.05) is 30.3 Å². The molecule has 0 saturated carbocycles. The fourth-order valence-electron chi connectivity index (χ4n) is 1.32. The van der Waals surface area contributed by atoms with Gasteiger partial charge in [0, 0.05) is 11.1 Å². The van der Waals surface area contributed by atoms with Crippen LogP contribution in [0.3, 0.4) is 0 Å². The zero-order valence-electron chi connectivity index (χ0n) is 7.74. The molecular weight excluding hydrogens is 240 g/mol. The molecule has 1 heterocycles. The summed E-state index contributed by atoms with van der Waals surface area (Å²) in [6, 6.07) is 10.1. The van der Waals surface area contributed by atoms with Gasteiger partial charge in [-0.3, -0.25) is 0 Å². The first-order chi connectivity index (χ1) is 6.79. The van der Waals surface area contributed by atoms with Gasteiger partial charge in [-0.15, -0.1) is 0 Å². The number of benzene rings is 1. The Labute approximate surface area is 91.2 Å². The van der Waals surface area contributed by atoms with Gasteiger partial charge in [-0.05, 0) is 22.9 Å². The minimum Gasteiger partial charge on any atom is -0.236 e. The molecule has 0 N–H and O–H groups in total. The summed E-state index contributed by atoms with van der Waals surface area (Å²) >= 11 is 3.39. The summed E-state index contributed by atoms with van der Waals surface area (Å²) in [5, 5.41) is 0. The summed E-state index contributed by atoms with van der Waals surface area (Å²) in [6.07, 6.45) is 1.57. The van der Waals surface area contributed by atoms with Crippen molar-refractivity contribution in [2.45, 2.75) is 6.92 Å². The number of nitrogens with zero attached hydrogens (tertiary/aromatic N) is 2. The van der Waals surface area contributed by atoms with Crippen molar-refractivity contribution in [2.75, 3.05) is 0 Å².